The molecule has 1 rings (SSSR count). The third kappa shape index (κ3) is 24.6. The van der Waals surface area contributed by atoms with Crippen molar-refractivity contribution < 1.29 is 15.0 Å². The molecule has 0 spiro atoms. The minimum Gasteiger partial charge on any atom is -0.396 e. The minimum absolute atomic E-state index is 0.0700. The zero-order valence-electron chi connectivity index (χ0n) is 23.4. The van der Waals surface area contributed by atoms with Crippen molar-refractivity contribution in [2.24, 2.45) is 5.73 Å². The topological polar surface area (TPSA) is 119 Å². The molecule has 0 radical (unpaired) electrons. The first-order valence-electron chi connectivity index (χ1n) is 14.9. The van der Waals surface area contributed by atoms with E-state index in [0.717, 1.165) is 38.6 Å². The number of nitrogens with one attached hydrogen (secondary N) is 1. The van der Waals surface area contributed by atoms with Crippen LogP contribution in [0.4, 0.5) is 0 Å². The van der Waals surface area contributed by atoms with Crippen LogP contribution in [0, 0.1) is 11.3 Å². The van der Waals surface area contributed by atoms with Gasteiger partial charge >= 0.3 is 0 Å². The molecule has 5 N–H and O–H groups in total. The van der Waals surface area contributed by atoms with Gasteiger partial charge in [-0.2, -0.15) is 5.26 Å². The number of nitrogens with two attached hydrogens (primary N) is 1. The van der Waals surface area contributed by atoms with Gasteiger partial charge in [-0.3, -0.25) is 4.79 Å². The number of amides is 1. The highest BCUT2D eigenvalue weighted by Crippen LogP contribution is 2.15. The van der Waals surface area contributed by atoms with Crippen molar-refractivity contribution in [1.29, 1.82) is 5.26 Å². The van der Waals surface area contributed by atoms with E-state index >= 15 is 0 Å². The molecule has 1 aromatic heterocycles. The summed E-state index contributed by atoms with van der Waals surface area (Å²) in [7, 11) is 0. The van der Waals surface area contributed by atoms with E-state index in [2.05, 4.69) is 5.32 Å². The number of aliphatic hydroxyl groups excluding tert-OH is 2. The van der Waals surface area contributed by atoms with Gasteiger partial charge in [0.25, 0.3) is 5.91 Å². The predicted octanol–water partition coefficient (Wildman–Crippen LogP) is 7.08. The van der Waals surface area contributed by atoms with Crippen LogP contribution in [0.3, 0.4) is 0 Å². The van der Waals surface area contributed by atoms with E-state index < -0.39 is 0 Å². The maximum Gasteiger partial charge on any atom is 0.261 e. The fourth-order valence-corrected chi connectivity index (χ4v) is 4.85. The normalized spacial score (nSPS) is 10.5. The second-order valence-electron chi connectivity index (χ2n) is 9.84. The molecule has 0 fully saturated rings. The van der Waals surface area contributed by atoms with Gasteiger partial charge in [-0.25, -0.2) is 0 Å². The summed E-state index contributed by atoms with van der Waals surface area (Å²) >= 11 is 1.24. The predicted molar refractivity (Wildman–Crippen MR) is 157 cm³/mol. The number of unbranched alkanes of at least 4 members (excludes halogenated alkanes) is 18. The lowest BCUT2D eigenvalue weighted by Gasteiger charge is -2.04. The number of rotatable bonds is 24. The maximum atomic E-state index is 11.8. The summed E-state index contributed by atoms with van der Waals surface area (Å²) < 4.78 is 0. The van der Waals surface area contributed by atoms with Crippen molar-refractivity contribution in [2.75, 3.05) is 26.3 Å². The molecule has 0 saturated heterocycles. The summed E-state index contributed by atoms with van der Waals surface area (Å²) in [5, 5.41) is 28.9. The Balaban J connectivity index is 0.000000795. The molecule has 1 aromatic rings. The van der Waals surface area contributed by atoms with Gasteiger partial charge in [0, 0.05) is 19.8 Å². The van der Waals surface area contributed by atoms with Crippen LogP contribution < -0.4 is 11.1 Å². The lowest BCUT2D eigenvalue weighted by atomic mass is 10.1. The third-order valence-electron chi connectivity index (χ3n) is 6.42. The first-order valence-corrected chi connectivity index (χ1v) is 15.7. The van der Waals surface area contributed by atoms with Gasteiger partial charge in [0.2, 0.25) is 0 Å². The minimum atomic E-state index is -0.0700. The highest BCUT2D eigenvalue weighted by atomic mass is 32.1. The lowest BCUT2D eigenvalue weighted by molar-refractivity contribution is 0.0957. The molecule has 0 atom stereocenters. The summed E-state index contributed by atoms with van der Waals surface area (Å²) in [6, 6.07) is 5.44. The Kier molecular flexibility index (Phi) is 28.0. The second-order valence-corrected chi connectivity index (χ2v) is 10.9. The largest absolute Gasteiger partial charge is 0.396 e. The molecule has 0 unspecified atom stereocenters. The molecule has 37 heavy (non-hydrogen) atoms. The smallest absolute Gasteiger partial charge is 0.261 e. The number of hydrogen-bond acceptors (Lipinski definition) is 6. The number of carbonyl (C=O) groups excluding carboxylic acids is 1. The molecule has 0 aliphatic heterocycles. The van der Waals surface area contributed by atoms with Crippen LogP contribution in [0.1, 0.15) is 143 Å². The maximum absolute atomic E-state index is 11.8. The Morgan fingerprint density at radius 1 is 0.703 bits per heavy atom. The Bertz CT molecular complexity index is 649. The Hall–Kier alpha value is -1.46. The summed E-state index contributed by atoms with van der Waals surface area (Å²) in [5.41, 5.74) is 5.42. The van der Waals surface area contributed by atoms with E-state index in [1.54, 1.807) is 12.1 Å². The molecule has 7 heteroatoms. The van der Waals surface area contributed by atoms with Gasteiger partial charge in [0.05, 0.1) is 4.88 Å². The zero-order valence-corrected chi connectivity index (χ0v) is 24.2. The Morgan fingerprint density at radius 2 is 1.11 bits per heavy atom. The number of nitrogens with zero attached hydrogens (tertiary/aromatic N) is 1. The quantitative estimate of drug-likeness (QED) is 0.105. The summed E-state index contributed by atoms with van der Waals surface area (Å²) in [5.74, 6) is -0.0700. The first kappa shape index (κ1) is 35.5. The van der Waals surface area contributed by atoms with E-state index in [1.165, 1.54) is 108 Å². The highest BCUT2D eigenvalue weighted by molar-refractivity contribution is 7.14. The molecule has 0 bridgehead atoms. The molecule has 0 aliphatic carbocycles. The van der Waals surface area contributed by atoms with Crippen molar-refractivity contribution in [1.82, 2.24) is 5.32 Å². The van der Waals surface area contributed by atoms with Gasteiger partial charge in [-0.05, 0) is 44.4 Å². The summed E-state index contributed by atoms with van der Waals surface area (Å²) in [4.78, 5) is 13.0. The van der Waals surface area contributed by atoms with Crippen molar-refractivity contribution >= 4 is 17.2 Å². The molecule has 214 valence electrons. The molecule has 1 heterocycles. The van der Waals surface area contributed by atoms with E-state index in [9.17, 15) is 4.79 Å². The van der Waals surface area contributed by atoms with Crippen LogP contribution in [-0.4, -0.2) is 42.4 Å². The number of hydrogen-bond donors (Lipinski definition) is 4. The average Bonchev–Trinajstić information content (AvgIpc) is 3.40. The van der Waals surface area contributed by atoms with E-state index in [0.29, 0.717) is 29.5 Å². The average molecular weight is 538 g/mol. The fourth-order valence-electron chi connectivity index (χ4n) is 4.13. The molecule has 0 saturated carbocycles. The Labute approximate surface area is 231 Å². The van der Waals surface area contributed by atoms with Crippen LogP contribution in [0.2, 0.25) is 0 Å². The Morgan fingerprint density at radius 3 is 1.49 bits per heavy atom. The van der Waals surface area contributed by atoms with Crippen molar-refractivity contribution in [3.63, 3.8) is 0 Å². The SMILES string of the molecule is N#Cc1ccc(C(=O)NCCCCCCCCCCCCO)s1.NCCCCCCCCCCCCO. The molecular formula is C30H55N3O3S. The van der Waals surface area contributed by atoms with Crippen molar-refractivity contribution in [3.05, 3.63) is 21.9 Å². The van der Waals surface area contributed by atoms with Gasteiger partial charge in [-0.1, -0.05) is 103 Å². The molecular weight excluding hydrogens is 482 g/mol. The van der Waals surface area contributed by atoms with Gasteiger partial charge in [-0.15, -0.1) is 11.3 Å². The molecule has 0 aliphatic rings. The molecule has 1 amide bonds. The van der Waals surface area contributed by atoms with Gasteiger partial charge < -0.3 is 21.3 Å². The van der Waals surface area contributed by atoms with Crippen LogP contribution in [-0.2, 0) is 0 Å². The highest BCUT2D eigenvalue weighted by Gasteiger charge is 2.07. The first-order chi connectivity index (χ1) is 18.2. The number of carbonyl (C=O) groups is 1. The number of nitriles is 1. The third-order valence-corrected chi connectivity index (χ3v) is 7.41. The summed E-state index contributed by atoms with van der Waals surface area (Å²) in [6.07, 6.45) is 24.6. The van der Waals surface area contributed by atoms with Crippen LogP contribution >= 0.6 is 11.3 Å². The molecule has 0 aromatic carbocycles. The van der Waals surface area contributed by atoms with Gasteiger partial charge in [0.15, 0.2) is 0 Å². The van der Waals surface area contributed by atoms with E-state index in [1.807, 2.05) is 6.07 Å². The van der Waals surface area contributed by atoms with Crippen molar-refractivity contribution in [3.8, 4) is 6.07 Å². The van der Waals surface area contributed by atoms with Crippen molar-refractivity contribution in [2.45, 2.75) is 128 Å². The number of aliphatic hydroxyl groups is 2. The van der Waals surface area contributed by atoms with Gasteiger partial charge in [0.1, 0.15) is 10.9 Å². The van der Waals surface area contributed by atoms with Crippen LogP contribution in [0.25, 0.3) is 0 Å². The standard InChI is InChI=1S/C18H28N2O2S.C12H27NO/c19-15-16-11-12-17(23-16)18(22)20-13-9-7-5-3-1-2-4-6-8-10-14-21;13-11-9-7-5-3-1-2-4-6-8-10-12-14/h11-12,21H,1-10,13-14H2,(H,20,22);14H,1-13H2. The summed E-state index contributed by atoms with van der Waals surface area (Å²) in [6.45, 7) is 2.24. The lowest BCUT2D eigenvalue weighted by Crippen LogP contribution is -2.23. The van der Waals surface area contributed by atoms with Crippen LogP contribution in [0.5, 0.6) is 0 Å². The fraction of sp³-hybridized carbons (Fsp3) is 0.800. The molecule has 6 nitrogen and oxygen atoms in total. The van der Waals surface area contributed by atoms with E-state index in [4.69, 9.17) is 21.2 Å². The van der Waals surface area contributed by atoms with E-state index in [-0.39, 0.29) is 5.91 Å². The van der Waals surface area contributed by atoms with Crippen LogP contribution in [0.15, 0.2) is 12.1 Å². The zero-order chi connectivity index (χ0) is 27.2. The number of thiophene rings is 1. The monoisotopic (exact) mass is 537 g/mol. The second kappa shape index (κ2) is 29.1.